The van der Waals surface area contributed by atoms with E-state index in [0.717, 1.165) is 6.42 Å². The molecule has 0 radical (unpaired) electrons. The molecule has 1 aliphatic rings. The maximum atomic E-state index is 9.16. The lowest BCUT2D eigenvalue weighted by molar-refractivity contribution is 0.190. The minimum atomic E-state index is -0.194. The third kappa shape index (κ3) is 1.16. The number of aliphatic hydroxyl groups excluding tert-OH is 1. The molecule has 1 N–H and O–H groups in total. The summed E-state index contributed by atoms with van der Waals surface area (Å²) in [7, 11) is 0. The minimum Gasteiger partial charge on any atom is -0.389 e. The topological polar surface area (TPSA) is 20.2 Å². The quantitative estimate of drug-likeness (QED) is 0.490. The SMILES string of the molecule is CC1=C[C@@H](O)CC1(C)C. The van der Waals surface area contributed by atoms with E-state index in [1.165, 1.54) is 5.57 Å². The highest BCUT2D eigenvalue weighted by Gasteiger charge is 2.28. The zero-order valence-electron chi connectivity index (χ0n) is 6.31. The molecule has 52 valence electrons. The molecule has 0 unspecified atom stereocenters. The maximum absolute atomic E-state index is 9.16. The van der Waals surface area contributed by atoms with E-state index in [9.17, 15) is 0 Å². The number of rotatable bonds is 0. The van der Waals surface area contributed by atoms with Crippen LogP contribution in [0.4, 0.5) is 0 Å². The van der Waals surface area contributed by atoms with E-state index >= 15 is 0 Å². The van der Waals surface area contributed by atoms with Gasteiger partial charge in [-0.25, -0.2) is 0 Å². The molecule has 0 aliphatic heterocycles. The molecule has 0 amide bonds. The molecule has 0 heterocycles. The molecular weight excluding hydrogens is 112 g/mol. The van der Waals surface area contributed by atoms with Gasteiger partial charge in [-0.05, 0) is 18.8 Å². The molecule has 0 aromatic heterocycles. The van der Waals surface area contributed by atoms with Gasteiger partial charge in [-0.2, -0.15) is 0 Å². The first-order valence-electron chi connectivity index (χ1n) is 3.39. The van der Waals surface area contributed by atoms with Crippen LogP contribution in [-0.2, 0) is 0 Å². The largest absolute Gasteiger partial charge is 0.389 e. The molecule has 1 rings (SSSR count). The summed E-state index contributed by atoms with van der Waals surface area (Å²) < 4.78 is 0. The Hall–Kier alpha value is -0.300. The molecule has 9 heavy (non-hydrogen) atoms. The van der Waals surface area contributed by atoms with Gasteiger partial charge in [0.15, 0.2) is 0 Å². The van der Waals surface area contributed by atoms with Crippen LogP contribution in [0.25, 0.3) is 0 Å². The van der Waals surface area contributed by atoms with Crippen molar-refractivity contribution in [1.29, 1.82) is 0 Å². The Morgan fingerprint density at radius 2 is 2.22 bits per heavy atom. The van der Waals surface area contributed by atoms with Crippen molar-refractivity contribution in [3.05, 3.63) is 11.6 Å². The monoisotopic (exact) mass is 126 g/mol. The van der Waals surface area contributed by atoms with Gasteiger partial charge in [-0.1, -0.05) is 25.5 Å². The molecule has 0 spiro atoms. The zero-order chi connectivity index (χ0) is 7.07. The molecule has 0 bridgehead atoms. The fraction of sp³-hybridized carbons (Fsp3) is 0.750. The molecule has 0 saturated carbocycles. The zero-order valence-corrected chi connectivity index (χ0v) is 6.31. The van der Waals surface area contributed by atoms with Gasteiger partial charge in [0.25, 0.3) is 0 Å². The lowest BCUT2D eigenvalue weighted by Gasteiger charge is -2.19. The third-order valence-electron chi connectivity index (χ3n) is 2.23. The highest BCUT2D eigenvalue weighted by molar-refractivity contribution is 5.18. The summed E-state index contributed by atoms with van der Waals surface area (Å²) in [6.07, 6.45) is 2.64. The predicted molar refractivity (Wildman–Crippen MR) is 38.2 cm³/mol. The second-order valence-electron chi connectivity index (χ2n) is 3.51. The lowest BCUT2D eigenvalue weighted by Crippen LogP contribution is -2.11. The Morgan fingerprint density at radius 1 is 1.67 bits per heavy atom. The Bertz CT molecular complexity index is 145. The third-order valence-corrected chi connectivity index (χ3v) is 2.23. The predicted octanol–water partition coefficient (Wildman–Crippen LogP) is 1.72. The summed E-state index contributed by atoms with van der Waals surface area (Å²) in [5.74, 6) is 0. The van der Waals surface area contributed by atoms with Gasteiger partial charge in [0.2, 0.25) is 0 Å². The van der Waals surface area contributed by atoms with E-state index in [2.05, 4.69) is 20.8 Å². The van der Waals surface area contributed by atoms with Gasteiger partial charge >= 0.3 is 0 Å². The summed E-state index contributed by atoms with van der Waals surface area (Å²) in [4.78, 5) is 0. The van der Waals surface area contributed by atoms with Crippen LogP contribution in [0.2, 0.25) is 0 Å². The molecule has 0 fully saturated rings. The average molecular weight is 126 g/mol. The highest BCUT2D eigenvalue weighted by atomic mass is 16.3. The van der Waals surface area contributed by atoms with Crippen molar-refractivity contribution < 1.29 is 5.11 Å². The number of hydrogen-bond acceptors (Lipinski definition) is 1. The van der Waals surface area contributed by atoms with Crippen molar-refractivity contribution in [3.63, 3.8) is 0 Å². The number of allylic oxidation sites excluding steroid dienone is 1. The molecule has 1 heteroatoms. The van der Waals surface area contributed by atoms with E-state index in [0.29, 0.717) is 0 Å². The van der Waals surface area contributed by atoms with Gasteiger partial charge in [0.05, 0.1) is 6.10 Å². The Morgan fingerprint density at radius 3 is 2.33 bits per heavy atom. The number of aliphatic hydroxyl groups is 1. The van der Waals surface area contributed by atoms with Crippen molar-refractivity contribution >= 4 is 0 Å². The van der Waals surface area contributed by atoms with E-state index in [-0.39, 0.29) is 11.5 Å². The molecule has 1 nitrogen and oxygen atoms in total. The van der Waals surface area contributed by atoms with Gasteiger partial charge in [-0.15, -0.1) is 0 Å². The lowest BCUT2D eigenvalue weighted by atomic mass is 9.87. The summed E-state index contributed by atoms with van der Waals surface area (Å²) >= 11 is 0. The normalized spacial score (nSPS) is 32.4. The standard InChI is InChI=1S/C8H14O/c1-6-4-7(9)5-8(6,2)3/h4,7,9H,5H2,1-3H3/t7-/m1/s1. The fourth-order valence-corrected chi connectivity index (χ4v) is 1.26. The molecule has 1 atom stereocenters. The molecule has 0 aromatic rings. The maximum Gasteiger partial charge on any atom is 0.0731 e. The molecule has 0 aromatic carbocycles. The second kappa shape index (κ2) is 1.84. The van der Waals surface area contributed by atoms with Crippen molar-refractivity contribution in [1.82, 2.24) is 0 Å². The van der Waals surface area contributed by atoms with Crippen LogP contribution in [-0.4, -0.2) is 11.2 Å². The second-order valence-corrected chi connectivity index (χ2v) is 3.51. The van der Waals surface area contributed by atoms with Crippen molar-refractivity contribution in [2.24, 2.45) is 5.41 Å². The Labute approximate surface area is 56.4 Å². The van der Waals surface area contributed by atoms with E-state index in [1.807, 2.05) is 6.08 Å². The van der Waals surface area contributed by atoms with E-state index in [1.54, 1.807) is 0 Å². The minimum absolute atomic E-state index is 0.194. The van der Waals surface area contributed by atoms with E-state index in [4.69, 9.17) is 5.11 Å². The first-order chi connectivity index (χ1) is 4.02. The summed E-state index contributed by atoms with van der Waals surface area (Å²) in [6.45, 7) is 6.40. The van der Waals surface area contributed by atoms with Crippen molar-refractivity contribution in [2.75, 3.05) is 0 Å². The van der Waals surface area contributed by atoms with Gasteiger partial charge < -0.3 is 5.11 Å². The molecule has 1 aliphatic carbocycles. The Balaban J connectivity index is 2.76. The summed E-state index contributed by atoms with van der Waals surface area (Å²) in [5, 5.41) is 9.16. The van der Waals surface area contributed by atoms with Crippen LogP contribution in [0.15, 0.2) is 11.6 Å². The average Bonchev–Trinajstić information content (AvgIpc) is 1.79. The van der Waals surface area contributed by atoms with Gasteiger partial charge in [0, 0.05) is 0 Å². The molecule has 0 saturated heterocycles. The van der Waals surface area contributed by atoms with Crippen LogP contribution < -0.4 is 0 Å². The van der Waals surface area contributed by atoms with Gasteiger partial charge in [0.1, 0.15) is 0 Å². The van der Waals surface area contributed by atoms with Crippen LogP contribution in [0.3, 0.4) is 0 Å². The van der Waals surface area contributed by atoms with Crippen LogP contribution in [0.5, 0.6) is 0 Å². The Kier molecular flexibility index (Phi) is 1.39. The summed E-state index contributed by atoms with van der Waals surface area (Å²) in [6, 6.07) is 0. The first kappa shape index (κ1) is 6.81. The van der Waals surface area contributed by atoms with Crippen LogP contribution >= 0.6 is 0 Å². The van der Waals surface area contributed by atoms with E-state index < -0.39 is 0 Å². The van der Waals surface area contributed by atoms with Gasteiger partial charge in [-0.3, -0.25) is 0 Å². The first-order valence-corrected chi connectivity index (χ1v) is 3.39. The highest BCUT2D eigenvalue weighted by Crippen LogP contribution is 2.37. The fourth-order valence-electron chi connectivity index (χ4n) is 1.26. The van der Waals surface area contributed by atoms with Crippen molar-refractivity contribution in [2.45, 2.75) is 33.3 Å². The summed E-state index contributed by atoms with van der Waals surface area (Å²) in [5.41, 5.74) is 1.55. The van der Waals surface area contributed by atoms with Crippen LogP contribution in [0.1, 0.15) is 27.2 Å². The number of hydrogen-bond donors (Lipinski definition) is 1. The van der Waals surface area contributed by atoms with Crippen LogP contribution in [0, 0.1) is 5.41 Å². The smallest absolute Gasteiger partial charge is 0.0731 e. The molecular formula is C8H14O. The van der Waals surface area contributed by atoms with Crippen molar-refractivity contribution in [3.8, 4) is 0 Å².